The van der Waals surface area contributed by atoms with Crippen LogP contribution in [0, 0.1) is 0 Å². The lowest BCUT2D eigenvalue weighted by atomic mass is 9.97. The summed E-state index contributed by atoms with van der Waals surface area (Å²) in [4.78, 5) is 1.09. The fraction of sp³-hybridized carbons (Fsp3) is 0.556. The van der Waals surface area contributed by atoms with Crippen LogP contribution in [-0.2, 0) is 10.3 Å². The van der Waals surface area contributed by atoms with Crippen molar-refractivity contribution in [2.45, 2.75) is 18.9 Å². The molecule has 1 aromatic rings. The molecule has 4 heteroatoms. The van der Waals surface area contributed by atoms with E-state index in [1.807, 2.05) is 19.1 Å². The van der Waals surface area contributed by atoms with Gasteiger partial charge in [-0.3, -0.25) is 0 Å². The highest BCUT2D eigenvalue weighted by atomic mass is 35.5. The van der Waals surface area contributed by atoms with E-state index in [2.05, 4.69) is 0 Å². The molecule has 0 aliphatic rings. The minimum Gasteiger partial charge on any atom is -0.382 e. The van der Waals surface area contributed by atoms with Crippen LogP contribution in [0.15, 0.2) is 12.1 Å². The van der Waals surface area contributed by atoms with Crippen LogP contribution in [0.4, 0.5) is 0 Å². The highest BCUT2D eigenvalue weighted by molar-refractivity contribution is 7.16. The van der Waals surface area contributed by atoms with Gasteiger partial charge in [-0.25, -0.2) is 0 Å². The van der Waals surface area contributed by atoms with E-state index in [4.69, 9.17) is 22.1 Å². The number of nitrogens with two attached hydrogens (primary N) is 1. The van der Waals surface area contributed by atoms with Crippen LogP contribution in [0.5, 0.6) is 0 Å². The SMILES string of the molecule is CCC(N)(COC)c1ccc(Cl)s1. The Morgan fingerprint density at radius 2 is 2.31 bits per heavy atom. The summed E-state index contributed by atoms with van der Waals surface area (Å²) in [5.41, 5.74) is 5.79. The smallest absolute Gasteiger partial charge is 0.0931 e. The molecule has 1 heterocycles. The van der Waals surface area contributed by atoms with Crippen molar-refractivity contribution in [1.82, 2.24) is 0 Å². The van der Waals surface area contributed by atoms with Gasteiger partial charge >= 0.3 is 0 Å². The molecule has 2 N–H and O–H groups in total. The summed E-state index contributed by atoms with van der Waals surface area (Å²) in [6.45, 7) is 2.58. The maximum Gasteiger partial charge on any atom is 0.0931 e. The first-order valence-electron chi connectivity index (χ1n) is 4.16. The Bertz CT molecular complexity index is 276. The molecule has 0 spiro atoms. The van der Waals surface area contributed by atoms with Gasteiger partial charge in [-0.1, -0.05) is 18.5 Å². The number of rotatable bonds is 4. The van der Waals surface area contributed by atoms with Crippen molar-refractivity contribution in [3.05, 3.63) is 21.3 Å². The van der Waals surface area contributed by atoms with E-state index in [1.54, 1.807) is 7.11 Å². The number of hydrogen-bond acceptors (Lipinski definition) is 3. The Hall–Kier alpha value is -0.0900. The van der Waals surface area contributed by atoms with Crippen molar-refractivity contribution in [2.75, 3.05) is 13.7 Å². The van der Waals surface area contributed by atoms with Gasteiger partial charge in [0.25, 0.3) is 0 Å². The monoisotopic (exact) mass is 219 g/mol. The predicted molar refractivity (Wildman–Crippen MR) is 57.4 cm³/mol. The van der Waals surface area contributed by atoms with Crippen molar-refractivity contribution in [2.24, 2.45) is 5.73 Å². The molecule has 1 unspecified atom stereocenters. The molecule has 2 nitrogen and oxygen atoms in total. The Labute approximate surface area is 87.7 Å². The van der Waals surface area contributed by atoms with Gasteiger partial charge in [0.15, 0.2) is 0 Å². The Morgan fingerprint density at radius 1 is 1.62 bits per heavy atom. The van der Waals surface area contributed by atoms with Gasteiger partial charge in [0.1, 0.15) is 0 Å². The Balaban J connectivity index is 2.88. The van der Waals surface area contributed by atoms with Gasteiger partial charge in [0.05, 0.1) is 16.5 Å². The lowest BCUT2D eigenvalue weighted by molar-refractivity contribution is 0.131. The van der Waals surface area contributed by atoms with E-state index in [-0.39, 0.29) is 5.54 Å². The molecule has 0 saturated heterocycles. The number of thiophene rings is 1. The molecule has 0 saturated carbocycles. The lowest BCUT2D eigenvalue weighted by Gasteiger charge is -2.25. The summed E-state index contributed by atoms with van der Waals surface area (Å²) in [6, 6.07) is 3.84. The zero-order chi connectivity index (χ0) is 9.90. The molecule has 74 valence electrons. The van der Waals surface area contributed by atoms with E-state index in [1.165, 1.54) is 11.3 Å². The van der Waals surface area contributed by atoms with Gasteiger partial charge in [-0.15, -0.1) is 11.3 Å². The van der Waals surface area contributed by atoms with E-state index >= 15 is 0 Å². The molecule has 13 heavy (non-hydrogen) atoms. The molecule has 0 aliphatic carbocycles. The summed E-state index contributed by atoms with van der Waals surface area (Å²) in [5.74, 6) is 0. The molecule has 0 radical (unpaired) electrons. The van der Waals surface area contributed by atoms with Crippen LogP contribution in [0.3, 0.4) is 0 Å². The second-order valence-electron chi connectivity index (χ2n) is 3.05. The fourth-order valence-electron chi connectivity index (χ4n) is 1.19. The number of ether oxygens (including phenoxy) is 1. The molecule has 0 bridgehead atoms. The second-order valence-corrected chi connectivity index (χ2v) is 4.76. The minimum absolute atomic E-state index is 0.382. The second kappa shape index (κ2) is 4.42. The first kappa shape index (κ1) is 11.0. The summed E-state index contributed by atoms with van der Waals surface area (Å²) in [7, 11) is 1.66. The molecule has 1 atom stereocenters. The molecule has 1 rings (SSSR count). The largest absolute Gasteiger partial charge is 0.382 e. The van der Waals surface area contributed by atoms with Crippen LogP contribution < -0.4 is 5.73 Å². The maximum atomic E-state index is 6.17. The van der Waals surface area contributed by atoms with Crippen LogP contribution in [-0.4, -0.2) is 13.7 Å². The van der Waals surface area contributed by atoms with Crippen molar-refractivity contribution < 1.29 is 4.74 Å². The van der Waals surface area contributed by atoms with Crippen LogP contribution in [0.25, 0.3) is 0 Å². The average Bonchev–Trinajstić information content (AvgIpc) is 2.52. The van der Waals surface area contributed by atoms with E-state index in [9.17, 15) is 0 Å². The summed E-state index contributed by atoms with van der Waals surface area (Å²) >= 11 is 7.37. The maximum absolute atomic E-state index is 6.17. The van der Waals surface area contributed by atoms with Crippen molar-refractivity contribution in [3.63, 3.8) is 0 Å². The highest BCUT2D eigenvalue weighted by Crippen LogP contribution is 2.31. The molecular weight excluding hydrogens is 206 g/mol. The third-order valence-electron chi connectivity index (χ3n) is 2.10. The van der Waals surface area contributed by atoms with E-state index < -0.39 is 0 Å². The topological polar surface area (TPSA) is 35.2 Å². The Kier molecular flexibility index (Phi) is 3.74. The summed E-state index contributed by atoms with van der Waals surface area (Å²) in [6.07, 6.45) is 0.845. The minimum atomic E-state index is -0.382. The first-order chi connectivity index (χ1) is 6.12. The Morgan fingerprint density at radius 3 is 2.69 bits per heavy atom. The predicted octanol–water partition coefficient (Wildman–Crippen LogP) is 2.61. The van der Waals surface area contributed by atoms with Crippen molar-refractivity contribution >= 4 is 22.9 Å². The third kappa shape index (κ3) is 2.44. The molecule has 0 aliphatic heterocycles. The van der Waals surface area contributed by atoms with Crippen LogP contribution in [0.2, 0.25) is 4.34 Å². The van der Waals surface area contributed by atoms with Gasteiger partial charge in [0.2, 0.25) is 0 Å². The summed E-state index contributed by atoms with van der Waals surface area (Å²) in [5, 5.41) is 0. The average molecular weight is 220 g/mol. The standard InChI is InChI=1S/C9H14ClNOS/c1-3-9(11,6-12-2)7-4-5-8(10)13-7/h4-5H,3,6,11H2,1-2H3. The molecular formula is C9H14ClNOS. The zero-order valence-electron chi connectivity index (χ0n) is 7.84. The third-order valence-corrected chi connectivity index (χ3v) is 3.55. The van der Waals surface area contributed by atoms with E-state index in [0.29, 0.717) is 6.61 Å². The summed E-state index contributed by atoms with van der Waals surface area (Å²) < 4.78 is 5.87. The molecule has 0 amide bonds. The molecule has 0 aromatic carbocycles. The van der Waals surface area contributed by atoms with Gasteiger partial charge in [0, 0.05) is 12.0 Å². The fourth-order valence-corrected chi connectivity index (χ4v) is 2.39. The molecule has 0 fully saturated rings. The number of hydrogen-bond donors (Lipinski definition) is 1. The number of methoxy groups -OCH3 is 1. The van der Waals surface area contributed by atoms with Crippen molar-refractivity contribution in [3.8, 4) is 0 Å². The molecule has 1 aromatic heterocycles. The first-order valence-corrected chi connectivity index (χ1v) is 5.35. The van der Waals surface area contributed by atoms with E-state index in [0.717, 1.165) is 15.6 Å². The van der Waals surface area contributed by atoms with Gasteiger partial charge < -0.3 is 10.5 Å². The quantitative estimate of drug-likeness (QED) is 0.845. The zero-order valence-corrected chi connectivity index (χ0v) is 9.41. The highest BCUT2D eigenvalue weighted by Gasteiger charge is 2.26. The van der Waals surface area contributed by atoms with Gasteiger partial charge in [-0.2, -0.15) is 0 Å². The normalized spacial score (nSPS) is 15.7. The number of halogens is 1. The van der Waals surface area contributed by atoms with Crippen LogP contribution in [0.1, 0.15) is 18.2 Å². The lowest BCUT2D eigenvalue weighted by Crippen LogP contribution is -2.39. The van der Waals surface area contributed by atoms with Crippen molar-refractivity contribution in [1.29, 1.82) is 0 Å². The van der Waals surface area contributed by atoms with Crippen LogP contribution >= 0.6 is 22.9 Å². The van der Waals surface area contributed by atoms with Gasteiger partial charge in [-0.05, 0) is 18.6 Å².